The van der Waals surface area contributed by atoms with Gasteiger partial charge in [0.05, 0.1) is 5.60 Å². The first-order valence-electron chi connectivity index (χ1n) is 2.91. The molecule has 1 nitrogen and oxygen atoms in total. The van der Waals surface area contributed by atoms with Crippen LogP contribution >= 0.6 is 15.9 Å². The minimum Gasteiger partial charge on any atom is -0.375 e. The Labute approximate surface area is 65.2 Å². The van der Waals surface area contributed by atoms with Crippen molar-refractivity contribution in [3.8, 4) is 0 Å². The predicted octanol–water partition coefficient (Wildman–Crippen LogP) is 2.36. The van der Waals surface area contributed by atoms with Crippen LogP contribution in [0.3, 0.4) is 0 Å². The number of alkyl halides is 1. The quantitative estimate of drug-likeness (QED) is 0.493. The van der Waals surface area contributed by atoms with Crippen molar-refractivity contribution in [3.63, 3.8) is 0 Å². The van der Waals surface area contributed by atoms with E-state index < -0.39 is 0 Å². The van der Waals surface area contributed by atoms with E-state index in [1.807, 2.05) is 26.0 Å². The average molecular weight is 193 g/mol. The number of methoxy groups -OCH3 is 1. The number of hydrogen-bond acceptors (Lipinski definition) is 1. The van der Waals surface area contributed by atoms with Gasteiger partial charge in [0.2, 0.25) is 0 Å². The molecule has 0 fully saturated rings. The van der Waals surface area contributed by atoms with Crippen LogP contribution in [0.15, 0.2) is 12.2 Å². The van der Waals surface area contributed by atoms with E-state index in [1.165, 1.54) is 0 Å². The first kappa shape index (κ1) is 9.18. The second-order valence-corrected chi connectivity index (χ2v) is 3.01. The first-order valence-corrected chi connectivity index (χ1v) is 4.03. The van der Waals surface area contributed by atoms with Crippen LogP contribution in [0.4, 0.5) is 0 Å². The third-order valence-electron chi connectivity index (χ3n) is 1.13. The summed E-state index contributed by atoms with van der Waals surface area (Å²) < 4.78 is 5.13. The number of ether oxygens (including phenoxy) is 1. The van der Waals surface area contributed by atoms with Gasteiger partial charge in [0.15, 0.2) is 0 Å². The van der Waals surface area contributed by atoms with Crippen LogP contribution in [0, 0.1) is 0 Å². The van der Waals surface area contributed by atoms with Gasteiger partial charge in [0.1, 0.15) is 0 Å². The molecule has 0 heterocycles. The highest BCUT2D eigenvalue weighted by molar-refractivity contribution is 9.09. The Morgan fingerprint density at radius 3 is 2.44 bits per heavy atom. The van der Waals surface area contributed by atoms with Crippen LogP contribution in [0.2, 0.25) is 0 Å². The number of rotatable bonds is 3. The van der Waals surface area contributed by atoms with E-state index in [9.17, 15) is 0 Å². The molecule has 0 aliphatic heterocycles. The average Bonchev–Trinajstić information content (AvgIpc) is 1.84. The number of hydrogen-bond donors (Lipinski definition) is 0. The standard InChI is InChI=1S/C7H13BrO/c1-7(2,9-3)5-4-6-8/h4-5H,6H2,1-3H3/b5-4+. The van der Waals surface area contributed by atoms with Gasteiger partial charge in [0, 0.05) is 12.4 Å². The number of allylic oxidation sites excluding steroid dienone is 1. The lowest BCUT2D eigenvalue weighted by Gasteiger charge is -2.17. The Balaban J connectivity index is 3.70. The van der Waals surface area contributed by atoms with Gasteiger partial charge >= 0.3 is 0 Å². The van der Waals surface area contributed by atoms with Crippen molar-refractivity contribution in [2.45, 2.75) is 19.4 Å². The SMILES string of the molecule is COC(C)(C)/C=C/CBr. The van der Waals surface area contributed by atoms with Crippen LogP contribution < -0.4 is 0 Å². The van der Waals surface area contributed by atoms with Crippen LogP contribution in [0.5, 0.6) is 0 Å². The van der Waals surface area contributed by atoms with Crippen LogP contribution in [-0.2, 0) is 4.74 Å². The third kappa shape index (κ3) is 4.67. The smallest absolute Gasteiger partial charge is 0.0802 e. The lowest BCUT2D eigenvalue weighted by Crippen LogP contribution is -2.18. The zero-order valence-electron chi connectivity index (χ0n) is 6.15. The molecule has 0 saturated heterocycles. The van der Waals surface area contributed by atoms with Crippen molar-refractivity contribution in [1.82, 2.24) is 0 Å². The monoisotopic (exact) mass is 192 g/mol. The number of halogens is 1. The van der Waals surface area contributed by atoms with Gasteiger partial charge in [-0.15, -0.1) is 0 Å². The highest BCUT2D eigenvalue weighted by atomic mass is 79.9. The molecule has 0 aromatic heterocycles. The molecule has 0 rings (SSSR count). The normalized spacial score (nSPS) is 12.9. The van der Waals surface area contributed by atoms with Crippen LogP contribution in [-0.4, -0.2) is 18.0 Å². The lowest BCUT2D eigenvalue weighted by molar-refractivity contribution is 0.0655. The van der Waals surface area contributed by atoms with E-state index in [0.29, 0.717) is 0 Å². The lowest BCUT2D eigenvalue weighted by atomic mass is 10.1. The summed E-state index contributed by atoms with van der Waals surface area (Å²) in [5.74, 6) is 0. The highest BCUT2D eigenvalue weighted by Gasteiger charge is 2.09. The Morgan fingerprint density at radius 1 is 1.56 bits per heavy atom. The van der Waals surface area contributed by atoms with Crippen molar-refractivity contribution in [2.24, 2.45) is 0 Å². The third-order valence-corrected chi connectivity index (χ3v) is 1.51. The van der Waals surface area contributed by atoms with Gasteiger partial charge in [0.25, 0.3) is 0 Å². The van der Waals surface area contributed by atoms with Gasteiger partial charge < -0.3 is 4.74 Å². The molecule has 0 aromatic rings. The largest absolute Gasteiger partial charge is 0.375 e. The molecule has 54 valence electrons. The second-order valence-electron chi connectivity index (χ2n) is 2.36. The van der Waals surface area contributed by atoms with E-state index in [-0.39, 0.29) is 5.60 Å². The summed E-state index contributed by atoms with van der Waals surface area (Å²) in [6.45, 7) is 4.04. The minimum absolute atomic E-state index is 0.117. The van der Waals surface area contributed by atoms with Crippen molar-refractivity contribution < 1.29 is 4.74 Å². The topological polar surface area (TPSA) is 9.23 Å². The van der Waals surface area contributed by atoms with Crippen LogP contribution in [0.1, 0.15) is 13.8 Å². The molecule has 0 amide bonds. The van der Waals surface area contributed by atoms with Crippen molar-refractivity contribution >= 4 is 15.9 Å². The predicted molar refractivity (Wildman–Crippen MR) is 44.0 cm³/mol. The van der Waals surface area contributed by atoms with Gasteiger partial charge in [-0.2, -0.15) is 0 Å². The summed E-state index contributed by atoms with van der Waals surface area (Å²) in [4.78, 5) is 0. The molecule has 0 unspecified atom stereocenters. The second kappa shape index (κ2) is 4.07. The Hall–Kier alpha value is 0.180. The highest BCUT2D eigenvalue weighted by Crippen LogP contribution is 2.08. The molecule has 2 heteroatoms. The summed E-state index contributed by atoms with van der Waals surface area (Å²) in [6, 6.07) is 0. The van der Waals surface area contributed by atoms with E-state index in [4.69, 9.17) is 4.74 Å². The molecule has 0 saturated carbocycles. The molecule has 9 heavy (non-hydrogen) atoms. The Morgan fingerprint density at radius 2 is 2.11 bits per heavy atom. The van der Waals surface area contributed by atoms with E-state index >= 15 is 0 Å². The molecule has 0 atom stereocenters. The summed E-state index contributed by atoms with van der Waals surface area (Å²) in [6.07, 6.45) is 4.06. The zero-order valence-corrected chi connectivity index (χ0v) is 7.73. The molecular weight excluding hydrogens is 180 g/mol. The Kier molecular flexibility index (Phi) is 4.15. The maximum atomic E-state index is 5.13. The van der Waals surface area contributed by atoms with Gasteiger partial charge in [-0.25, -0.2) is 0 Å². The fourth-order valence-corrected chi connectivity index (χ4v) is 0.583. The van der Waals surface area contributed by atoms with Crippen LogP contribution in [0.25, 0.3) is 0 Å². The molecule has 0 bridgehead atoms. The van der Waals surface area contributed by atoms with E-state index in [2.05, 4.69) is 15.9 Å². The van der Waals surface area contributed by atoms with Crippen molar-refractivity contribution in [3.05, 3.63) is 12.2 Å². The first-order chi connectivity index (χ1) is 4.12. The maximum Gasteiger partial charge on any atom is 0.0802 e. The zero-order chi connectivity index (χ0) is 7.33. The van der Waals surface area contributed by atoms with Gasteiger partial charge in [-0.05, 0) is 13.8 Å². The summed E-state index contributed by atoms with van der Waals surface area (Å²) in [7, 11) is 1.71. The summed E-state index contributed by atoms with van der Waals surface area (Å²) >= 11 is 3.29. The molecule has 0 N–H and O–H groups in total. The molecule has 0 aliphatic carbocycles. The Bertz CT molecular complexity index is 97.1. The van der Waals surface area contributed by atoms with E-state index in [0.717, 1.165) is 5.33 Å². The summed E-state index contributed by atoms with van der Waals surface area (Å²) in [5, 5.41) is 0.889. The van der Waals surface area contributed by atoms with E-state index in [1.54, 1.807) is 7.11 Å². The van der Waals surface area contributed by atoms with Gasteiger partial charge in [-0.1, -0.05) is 28.1 Å². The van der Waals surface area contributed by atoms with Gasteiger partial charge in [-0.3, -0.25) is 0 Å². The fourth-order valence-electron chi connectivity index (χ4n) is 0.396. The molecule has 0 aliphatic rings. The minimum atomic E-state index is -0.117. The fraction of sp³-hybridized carbons (Fsp3) is 0.714. The van der Waals surface area contributed by atoms with Crippen molar-refractivity contribution in [1.29, 1.82) is 0 Å². The molecular formula is C7H13BrO. The van der Waals surface area contributed by atoms with Crippen molar-refractivity contribution in [2.75, 3.05) is 12.4 Å². The maximum absolute atomic E-state index is 5.13. The molecule has 0 radical (unpaired) electrons. The molecule has 0 spiro atoms. The summed E-state index contributed by atoms with van der Waals surface area (Å²) in [5.41, 5.74) is -0.117. The molecule has 0 aromatic carbocycles.